The number of aryl methyl sites for hydroxylation is 2. The van der Waals surface area contributed by atoms with E-state index in [0.29, 0.717) is 32.0 Å². The maximum Gasteiger partial charge on any atom is 0.242 e. The third-order valence-corrected chi connectivity index (χ3v) is 9.41. The molecule has 0 saturated carbocycles. The predicted molar refractivity (Wildman–Crippen MR) is 170 cm³/mol. The van der Waals surface area contributed by atoms with Gasteiger partial charge in [0, 0.05) is 49.6 Å². The van der Waals surface area contributed by atoms with E-state index in [2.05, 4.69) is 33.8 Å². The zero-order valence-electron chi connectivity index (χ0n) is 26.1. The van der Waals surface area contributed by atoms with Crippen molar-refractivity contribution in [2.75, 3.05) is 50.5 Å². The Morgan fingerprint density at radius 1 is 1.02 bits per heavy atom. The molecule has 1 fully saturated rings. The second-order valence-corrected chi connectivity index (χ2v) is 13.4. The number of nitrogens with zero attached hydrogens (tertiary/aromatic N) is 5. The monoisotopic (exact) mass is 603 g/mol. The highest BCUT2D eigenvalue weighted by molar-refractivity contribution is 8.00. The number of piperazine rings is 1. The Kier molecular flexibility index (Phi) is 8.61. The van der Waals surface area contributed by atoms with Crippen LogP contribution in [0.2, 0.25) is 0 Å². The van der Waals surface area contributed by atoms with E-state index in [-0.39, 0.29) is 40.7 Å². The number of hydrogen-bond acceptors (Lipinski definition) is 6. The molecule has 3 amide bonds. The van der Waals surface area contributed by atoms with Gasteiger partial charge in [0.2, 0.25) is 17.7 Å². The lowest BCUT2D eigenvalue weighted by atomic mass is 9.87. The first kappa shape index (κ1) is 30.7. The maximum atomic E-state index is 14.1. The Morgan fingerprint density at radius 3 is 2.33 bits per heavy atom. The normalized spacial score (nSPS) is 17.5. The smallest absolute Gasteiger partial charge is 0.242 e. The number of benzene rings is 2. The summed E-state index contributed by atoms with van der Waals surface area (Å²) in [5.41, 5.74) is 5.41. The second-order valence-electron chi connectivity index (χ2n) is 12.3. The standard InChI is InChI=1S/C33H41N5O4S/c1-21-12-13-25(22(2)18-21)38-32-29(31(34-38)33(4,5)6)30(24-10-8-9-11-26(24)42-7)43-20-28(41)37(32)19-27(40)36-16-14-35(15-17-36)23(3)39/h8-13,18,30H,14-17,19-20H2,1-7H3/t30-/m0/s1. The SMILES string of the molecule is COc1ccccc1[C@@H]1SCC(=O)N(CC(=O)N2CCN(C(C)=O)CC2)c2c1c(C(C)(C)C)nn2-c1ccc(C)cc1C. The van der Waals surface area contributed by atoms with Crippen molar-refractivity contribution in [1.29, 1.82) is 0 Å². The van der Waals surface area contributed by atoms with Gasteiger partial charge in [0.05, 0.1) is 29.5 Å². The molecule has 2 aliphatic heterocycles. The summed E-state index contributed by atoms with van der Waals surface area (Å²) in [7, 11) is 1.66. The third kappa shape index (κ3) is 6.02. The molecular formula is C33H41N5O4S. The molecule has 0 N–H and O–H groups in total. The van der Waals surface area contributed by atoms with Crippen LogP contribution in [-0.4, -0.2) is 82.9 Å². The Morgan fingerprint density at radius 2 is 1.70 bits per heavy atom. The number of fused-ring (bicyclic) bond motifs is 1. The number of methoxy groups -OCH3 is 1. The van der Waals surface area contributed by atoms with Crippen molar-refractivity contribution in [3.05, 3.63) is 70.4 Å². The van der Waals surface area contributed by atoms with Crippen LogP contribution < -0.4 is 9.64 Å². The number of amides is 3. The molecule has 0 unspecified atom stereocenters. The highest BCUT2D eigenvalue weighted by atomic mass is 32.2. The van der Waals surface area contributed by atoms with Crippen LogP contribution in [0.4, 0.5) is 5.82 Å². The zero-order valence-corrected chi connectivity index (χ0v) is 27.0. The van der Waals surface area contributed by atoms with Gasteiger partial charge in [0.15, 0.2) is 0 Å². The van der Waals surface area contributed by atoms with Crippen LogP contribution >= 0.6 is 11.8 Å². The van der Waals surface area contributed by atoms with Gasteiger partial charge in [0.25, 0.3) is 0 Å². The van der Waals surface area contributed by atoms with Crippen LogP contribution in [-0.2, 0) is 19.8 Å². The fourth-order valence-corrected chi connectivity index (χ4v) is 7.14. The Labute approximate surface area is 258 Å². The Balaban J connectivity index is 1.70. The molecule has 0 radical (unpaired) electrons. The highest BCUT2D eigenvalue weighted by Crippen LogP contribution is 2.50. The summed E-state index contributed by atoms with van der Waals surface area (Å²) in [6, 6.07) is 14.1. The number of carbonyl (C=O) groups excluding carboxylic acids is 3. The molecule has 3 aromatic rings. The first-order valence-electron chi connectivity index (χ1n) is 14.7. The lowest BCUT2D eigenvalue weighted by Gasteiger charge is -2.35. The number of thioether (sulfide) groups is 1. The van der Waals surface area contributed by atoms with Gasteiger partial charge in [-0.25, -0.2) is 4.68 Å². The van der Waals surface area contributed by atoms with Crippen LogP contribution in [0.25, 0.3) is 5.69 Å². The van der Waals surface area contributed by atoms with Crippen LogP contribution in [0, 0.1) is 13.8 Å². The summed E-state index contributed by atoms with van der Waals surface area (Å²) < 4.78 is 7.67. The predicted octanol–water partition coefficient (Wildman–Crippen LogP) is 4.66. The molecule has 10 heteroatoms. The summed E-state index contributed by atoms with van der Waals surface area (Å²) >= 11 is 1.54. The van der Waals surface area contributed by atoms with E-state index in [1.807, 2.05) is 48.0 Å². The molecule has 1 saturated heterocycles. The minimum Gasteiger partial charge on any atom is -0.496 e. The van der Waals surface area contributed by atoms with E-state index in [1.165, 1.54) is 11.8 Å². The maximum absolute atomic E-state index is 14.1. The molecule has 0 bridgehead atoms. The van der Waals surface area contributed by atoms with Gasteiger partial charge in [0.1, 0.15) is 18.1 Å². The molecule has 43 heavy (non-hydrogen) atoms. The first-order chi connectivity index (χ1) is 20.4. The van der Waals surface area contributed by atoms with Crippen LogP contribution in [0.1, 0.15) is 60.9 Å². The largest absolute Gasteiger partial charge is 0.496 e. The van der Waals surface area contributed by atoms with E-state index in [4.69, 9.17) is 9.84 Å². The minimum atomic E-state index is -0.360. The van der Waals surface area contributed by atoms with Crippen molar-refractivity contribution < 1.29 is 19.1 Å². The Bertz CT molecular complexity index is 1550. The number of para-hydroxylation sites is 1. The molecule has 228 valence electrons. The van der Waals surface area contributed by atoms with Gasteiger partial charge in [-0.05, 0) is 31.5 Å². The van der Waals surface area contributed by atoms with Crippen molar-refractivity contribution in [2.45, 2.75) is 52.2 Å². The van der Waals surface area contributed by atoms with E-state index in [9.17, 15) is 14.4 Å². The molecule has 2 aliphatic rings. The molecule has 5 rings (SSSR count). The number of hydrogen-bond donors (Lipinski definition) is 0. The summed E-state index contributed by atoms with van der Waals surface area (Å²) in [5.74, 6) is 1.27. The van der Waals surface area contributed by atoms with E-state index in [0.717, 1.165) is 39.4 Å². The van der Waals surface area contributed by atoms with E-state index >= 15 is 0 Å². The zero-order chi connectivity index (χ0) is 31.1. The molecule has 1 atom stereocenters. The van der Waals surface area contributed by atoms with Crippen LogP contribution in [0.3, 0.4) is 0 Å². The average molecular weight is 604 g/mol. The van der Waals surface area contributed by atoms with Gasteiger partial charge in [-0.1, -0.05) is 56.7 Å². The van der Waals surface area contributed by atoms with Gasteiger partial charge >= 0.3 is 0 Å². The molecule has 0 aliphatic carbocycles. The number of rotatable bonds is 5. The van der Waals surface area contributed by atoms with Gasteiger partial charge < -0.3 is 14.5 Å². The van der Waals surface area contributed by atoms with Gasteiger partial charge in [-0.15, -0.1) is 11.8 Å². The van der Waals surface area contributed by atoms with E-state index < -0.39 is 0 Å². The van der Waals surface area contributed by atoms with Crippen molar-refractivity contribution in [2.24, 2.45) is 0 Å². The topological polar surface area (TPSA) is 88.0 Å². The summed E-state index contributed by atoms with van der Waals surface area (Å²) in [6.07, 6.45) is 0. The quantitative estimate of drug-likeness (QED) is 0.422. The molecule has 9 nitrogen and oxygen atoms in total. The van der Waals surface area contributed by atoms with Crippen molar-refractivity contribution in [1.82, 2.24) is 19.6 Å². The molecular weight excluding hydrogens is 562 g/mol. The lowest BCUT2D eigenvalue weighted by molar-refractivity contribution is -0.137. The second kappa shape index (κ2) is 12.1. The van der Waals surface area contributed by atoms with E-state index in [1.54, 1.807) is 28.7 Å². The van der Waals surface area contributed by atoms with Crippen molar-refractivity contribution in [3.8, 4) is 11.4 Å². The Hall–Kier alpha value is -3.79. The minimum absolute atomic E-state index is 0.00548. The third-order valence-electron chi connectivity index (χ3n) is 8.17. The van der Waals surface area contributed by atoms with Crippen molar-refractivity contribution >= 4 is 35.3 Å². The molecule has 0 spiro atoms. The number of carbonyl (C=O) groups is 3. The summed E-state index contributed by atoms with van der Waals surface area (Å²) in [6.45, 7) is 13.8. The first-order valence-corrected chi connectivity index (χ1v) is 15.7. The molecule has 1 aromatic heterocycles. The lowest BCUT2D eigenvalue weighted by Crippen LogP contribution is -2.53. The van der Waals surface area contributed by atoms with Crippen LogP contribution in [0.15, 0.2) is 42.5 Å². The van der Waals surface area contributed by atoms with Gasteiger partial charge in [-0.2, -0.15) is 5.10 Å². The molecule has 3 heterocycles. The fraction of sp³-hybridized carbons (Fsp3) is 0.455. The summed E-state index contributed by atoms with van der Waals surface area (Å²) in [5, 5.41) is 4.98. The summed E-state index contributed by atoms with van der Waals surface area (Å²) in [4.78, 5) is 44.9. The van der Waals surface area contributed by atoms with Crippen molar-refractivity contribution in [3.63, 3.8) is 0 Å². The number of ether oxygens (including phenoxy) is 1. The van der Waals surface area contributed by atoms with Crippen LogP contribution in [0.5, 0.6) is 5.75 Å². The number of anilines is 1. The fourth-order valence-electron chi connectivity index (χ4n) is 5.92. The van der Waals surface area contributed by atoms with Gasteiger partial charge in [-0.3, -0.25) is 19.3 Å². The molecule has 2 aromatic carbocycles. The number of aromatic nitrogens is 2. The highest BCUT2D eigenvalue weighted by Gasteiger charge is 2.41. The average Bonchev–Trinajstić information content (AvgIpc) is 3.30.